The summed E-state index contributed by atoms with van der Waals surface area (Å²) in [7, 11) is 0. The molecule has 1 aliphatic rings. The maximum absolute atomic E-state index is 11.7. The third-order valence-corrected chi connectivity index (χ3v) is 4.12. The molecule has 130 valence electrons. The molecule has 1 fully saturated rings. The molecule has 6 nitrogen and oxygen atoms in total. The summed E-state index contributed by atoms with van der Waals surface area (Å²) in [5.41, 5.74) is 0.704. The van der Waals surface area contributed by atoms with E-state index >= 15 is 0 Å². The van der Waals surface area contributed by atoms with Crippen LogP contribution in [-0.2, 0) is 17.7 Å². The molecule has 1 N–H and O–H groups in total. The second kappa shape index (κ2) is 7.81. The average molecular weight is 322 g/mol. The van der Waals surface area contributed by atoms with E-state index in [2.05, 4.69) is 26.7 Å². The maximum atomic E-state index is 11.7. The van der Waals surface area contributed by atoms with Crippen molar-refractivity contribution in [3.05, 3.63) is 18.2 Å². The molecule has 1 aromatic rings. The second-order valence-electron chi connectivity index (χ2n) is 7.26. The SMILES string of the molecule is CCN1CCC(Cn2cncc2CCNC(=O)OC(C)(C)C)C1. The van der Waals surface area contributed by atoms with Crippen LogP contribution >= 0.6 is 0 Å². The van der Waals surface area contributed by atoms with Crippen molar-refractivity contribution in [3.8, 4) is 0 Å². The van der Waals surface area contributed by atoms with Gasteiger partial charge in [0.05, 0.1) is 6.33 Å². The molecule has 23 heavy (non-hydrogen) atoms. The predicted octanol–water partition coefficient (Wildman–Crippen LogP) is 2.29. The minimum absolute atomic E-state index is 0.363. The van der Waals surface area contributed by atoms with Crippen molar-refractivity contribution in [1.29, 1.82) is 0 Å². The summed E-state index contributed by atoms with van der Waals surface area (Å²) in [4.78, 5) is 18.4. The van der Waals surface area contributed by atoms with E-state index in [0.717, 1.165) is 25.2 Å². The molecule has 1 unspecified atom stereocenters. The lowest BCUT2D eigenvalue weighted by Crippen LogP contribution is -2.33. The Morgan fingerprint density at radius 2 is 2.26 bits per heavy atom. The number of aromatic nitrogens is 2. The molecular weight excluding hydrogens is 292 g/mol. The average Bonchev–Trinajstić information content (AvgIpc) is 3.07. The van der Waals surface area contributed by atoms with Gasteiger partial charge in [0.1, 0.15) is 5.60 Å². The van der Waals surface area contributed by atoms with Crippen molar-refractivity contribution in [3.63, 3.8) is 0 Å². The molecule has 0 spiro atoms. The Labute approximate surface area is 139 Å². The Bertz CT molecular complexity index is 507. The van der Waals surface area contributed by atoms with Gasteiger partial charge in [0.2, 0.25) is 0 Å². The summed E-state index contributed by atoms with van der Waals surface area (Å²) in [6.45, 7) is 12.9. The van der Waals surface area contributed by atoms with Crippen molar-refractivity contribution in [2.45, 2.75) is 52.7 Å². The molecule has 0 bridgehead atoms. The molecule has 1 saturated heterocycles. The number of amides is 1. The first-order chi connectivity index (χ1) is 10.9. The van der Waals surface area contributed by atoms with Gasteiger partial charge in [-0.3, -0.25) is 0 Å². The lowest BCUT2D eigenvalue weighted by atomic mass is 10.1. The van der Waals surface area contributed by atoms with Crippen LogP contribution in [0.3, 0.4) is 0 Å². The summed E-state index contributed by atoms with van der Waals surface area (Å²) in [5.74, 6) is 0.696. The van der Waals surface area contributed by atoms with Crippen LogP contribution in [0.1, 0.15) is 39.8 Å². The molecule has 2 rings (SSSR count). The zero-order valence-electron chi connectivity index (χ0n) is 14.8. The van der Waals surface area contributed by atoms with Crippen molar-refractivity contribution in [2.24, 2.45) is 5.92 Å². The highest BCUT2D eigenvalue weighted by Crippen LogP contribution is 2.18. The van der Waals surface area contributed by atoms with Crippen LogP contribution in [0.4, 0.5) is 4.79 Å². The summed E-state index contributed by atoms with van der Waals surface area (Å²) < 4.78 is 7.46. The number of hydrogen-bond acceptors (Lipinski definition) is 4. The molecule has 0 saturated carbocycles. The van der Waals surface area contributed by atoms with Gasteiger partial charge < -0.3 is 19.5 Å². The standard InChI is InChI=1S/C17H30N4O2/c1-5-20-9-7-14(11-20)12-21-13-18-10-15(21)6-8-19-16(22)23-17(2,3)4/h10,13-14H,5-9,11-12H2,1-4H3,(H,19,22). The fourth-order valence-corrected chi connectivity index (χ4v) is 2.95. The largest absolute Gasteiger partial charge is 0.444 e. The van der Waals surface area contributed by atoms with Gasteiger partial charge in [-0.2, -0.15) is 0 Å². The molecule has 1 atom stereocenters. The van der Waals surface area contributed by atoms with E-state index in [-0.39, 0.29) is 6.09 Å². The summed E-state index contributed by atoms with van der Waals surface area (Å²) >= 11 is 0. The molecule has 0 radical (unpaired) electrons. The van der Waals surface area contributed by atoms with Crippen LogP contribution in [0.25, 0.3) is 0 Å². The van der Waals surface area contributed by atoms with Crippen LogP contribution in [-0.4, -0.2) is 52.3 Å². The fourth-order valence-electron chi connectivity index (χ4n) is 2.95. The monoisotopic (exact) mass is 322 g/mol. The molecule has 1 aliphatic heterocycles. The van der Waals surface area contributed by atoms with E-state index < -0.39 is 5.60 Å². The van der Waals surface area contributed by atoms with Crippen molar-refractivity contribution in [2.75, 3.05) is 26.2 Å². The first-order valence-electron chi connectivity index (χ1n) is 8.55. The van der Waals surface area contributed by atoms with Gasteiger partial charge in [-0.15, -0.1) is 0 Å². The smallest absolute Gasteiger partial charge is 0.407 e. The predicted molar refractivity (Wildman–Crippen MR) is 90.4 cm³/mol. The maximum Gasteiger partial charge on any atom is 0.407 e. The van der Waals surface area contributed by atoms with Crippen LogP contribution in [0.5, 0.6) is 0 Å². The number of hydrogen-bond donors (Lipinski definition) is 1. The Morgan fingerprint density at radius 1 is 1.48 bits per heavy atom. The molecular formula is C17H30N4O2. The van der Waals surface area contributed by atoms with E-state index in [1.807, 2.05) is 33.3 Å². The second-order valence-corrected chi connectivity index (χ2v) is 7.26. The summed E-state index contributed by atoms with van der Waals surface area (Å²) in [6, 6.07) is 0. The third kappa shape index (κ3) is 5.86. The molecule has 1 amide bonds. The first kappa shape index (κ1) is 17.8. The number of carbonyl (C=O) groups is 1. The molecule has 1 aromatic heterocycles. The Kier molecular flexibility index (Phi) is 6.04. The number of rotatable bonds is 6. The van der Waals surface area contributed by atoms with Crippen LogP contribution in [0, 0.1) is 5.92 Å². The number of likely N-dealkylation sites (tertiary alicyclic amines) is 1. The van der Waals surface area contributed by atoms with Gasteiger partial charge in [0.15, 0.2) is 0 Å². The van der Waals surface area contributed by atoms with E-state index in [4.69, 9.17) is 4.74 Å². The Morgan fingerprint density at radius 3 is 2.91 bits per heavy atom. The van der Waals surface area contributed by atoms with Crippen molar-refractivity contribution < 1.29 is 9.53 Å². The van der Waals surface area contributed by atoms with Gasteiger partial charge in [0, 0.05) is 37.9 Å². The third-order valence-electron chi connectivity index (χ3n) is 4.12. The molecule has 2 heterocycles. The van der Waals surface area contributed by atoms with Crippen molar-refractivity contribution in [1.82, 2.24) is 19.8 Å². The van der Waals surface area contributed by atoms with Crippen LogP contribution < -0.4 is 5.32 Å². The lowest BCUT2D eigenvalue weighted by molar-refractivity contribution is 0.0528. The minimum atomic E-state index is -0.459. The Hall–Kier alpha value is -1.56. The van der Waals surface area contributed by atoms with Crippen molar-refractivity contribution >= 4 is 6.09 Å². The number of nitrogens with one attached hydrogen (secondary N) is 1. The quantitative estimate of drug-likeness (QED) is 0.873. The fraction of sp³-hybridized carbons (Fsp3) is 0.765. The first-order valence-corrected chi connectivity index (χ1v) is 8.55. The topological polar surface area (TPSA) is 59.4 Å². The minimum Gasteiger partial charge on any atom is -0.444 e. The van der Waals surface area contributed by atoms with Gasteiger partial charge in [-0.1, -0.05) is 6.92 Å². The van der Waals surface area contributed by atoms with Gasteiger partial charge >= 0.3 is 6.09 Å². The number of carbonyl (C=O) groups excluding carboxylic acids is 1. The number of imidazole rings is 1. The van der Waals surface area contributed by atoms with Crippen LogP contribution in [0.15, 0.2) is 12.5 Å². The summed E-state index contributed by atoms with van der Waals surface area (Å²) in [5, 5.41) is 2.80. The van der Waals surface area contributed by atoms with Gasteiger partial charge in [0.25, 0.3) is 0 Å². The Balaban J connectivity index is 1.77. The number of alkyl carbamates (subject to hydrolysis) is 1. The van der Waals surface area contributed by atoms with Crippen LogP contribution in [0.2, 0.25) is 0 Å². The highest BCUT2D eigenvalue weighted by atomic mass is 16.6. The number of nitrogens with zero attached hydrogens (tertiary/aromatic N) is 3. The highest BCUT2D eigenvalue weighted by molar-refractivity contribution is 5.67. The number of ether oxygens (including phenoxy) is 1. The zero-order chi connectivity index (χ0) is 16.9. The normalized spacial score (nSPS) is 19.0. The van der Waals surface area contributed by atoms with Gasteiger partial charge in [-0.05, 0) is 46.2 Å². The van der Waals surface area contributed by atoms with Gasteiger partial charge in [-0.25, -0.2) is 9.78 Å². The summed E-state index contributed by atoms with van der Waals surface area (Å²) in [6.07, 6.45) is 5.45. The molecule has 0 aliphatic carbocycles. The zero-order valence-corrected chi connectivity index (χ0v) is 14.8. The van der Waals surface area contributed by atoms with E-state index in [9.17, 15) is 4.79 Å². The molecule has 0 aromatic carbocycles. The molecule has 6 heteroatoms. The lowest BCUT2D eigenvalue weighted by Gasteiger charge is -2.19. The van der Waals surface area contributed by atoms with E-state index in [1.54, 1.807) is 0 Å². The highest BCUT2D eigenvalue weighted by Gasteiger charge is 2.22. The van der Waals surface area contributed by atoms with E-state index in [1.165, 1.54) is 19.5 Å². The van der Waals surface area contributed by atoms with E-state index in [0.29, 0.717) is 12.5 Å².